The van der Waals surface area contributed by atoms with Crippen LogP contribution in [0, 0.1) is 10.1 Å². The lowest BCUT2D eigenvalue weighted by atomic mass is 10.3. The molecule has 0 unspecified atom stereocenters. The van der Waals surface area contributed by atoms with Crippen molar-refractivity contribution in [2.24, 2.45) is 0 Å². The summed E-state index contributed by atoms with van der Waals surface area (Å²) in [4.78, 5) is 11.6. The second kappa shape index (κ2) is 3.94. The topological polar surface area (TPSA) is 58.4 Å². The van der Waals surface area contributed by atoms with Gasteiger partial charge in [-0.05, 0) is 12.8 Å². The molecular formula is C7H13N3O2. The third kappa shape index (κ3) is 2.41. The highest BCUT2D eigenvalue weighted by Crippen LogP contribution is 2.05. The van der Waals surface area contributed by atoms with Gasteiger partial charge < -0.3 is 10.2 Å². The summed E-state index contributed by atoms with van der Waals surface area (Å²) in [6, 6.07) is 0. The molecule has 5 heteroatoms. The van der Waals surface area contributed by atoms with Gasteiger partial charge in [0.1, 0.15) is 0 Å². The van der Waals surface area contributed by atoms with E-state index in [1.54, 1.807) is 0 Å². The lowest BCUT2D eigenvalue weighted by Gasteiger charge is -2.16. The number of nitro groups is 1. The number of nitrogens with zero attached hydrogens (tertiary/aromatic N) is 2. The molecule has 0 aliphatic carbocycles. The molecule has 0 atom stereocenters. The van der Waals surface area contributed by atoms with Crippen LogP contribution in [0.2, 0.25) is 0 Å². The van der Waals surface area contributed by atoms with E-state index in [0.717, 1.165) is 32.1 Å². The molecule has 1 N–H and O–H groups in total. The molecule has 1 rings (SSSR count). The van der Waals surface area contributed by atoms with Crippen LogP contribution in [0.5, 0.6) is 0 Å². The second-order valence-corrected chi connectivity index (χ2v) is 2.86. The number of rotatable bonds is 1. The Morgan fingerprint density at radius 3 is 3.08 bits per heavy atom. The molecule has 12 heavy (non-hydrogen) atoms. The molecule has 1 saturated heterocycles. The van der Waals surface area contributed by atoms with Gasteiger partial charge in [-0.25, -0.2) is 0 Å². The Bertz CT molecular complexity index is 203. The van der Waals surface area contributed by atoms with Gasteiger partial charge in [0.25, 0.3) is 6.20 Å². The molecule has 68 valence electrons. The molecule has 0 bridgehead atoms. The minimum Gasteiger partial charge on any atom is -0.367 e. The van der Waals surface area contributed by atoms with Gasteiger partial charge >= 0.3 is 0 Å². The van der Waals surface area contributed by atoms with Crippen LogP contribution in [0.3, 0.4) is 0 Å². The zero-order valence-electron chi connectivity index (χ0n) is 7.12. The Labute approximate surface area is 71.2 Å². The van der Waals surface area contributed by atoms with Gasteiger partial charge in [-0.15, -0.1) is 0 Å². The van der Waals surface area contributed by atoms with E-state index >= 15 is 0 Å². The minimum absolute atomic E-state index is 0.426. The lowest BCUT2D eigenvalue weighted by Crippen LogP contribution is -2.27. The van der Waals surface area contributed by atoms with Crippen LogP contribution >= 0.6 is 0 Å². The zero-order chi connectivity index (χ0) is 8.97. The van der Waals surface area contributed by atoms with E-state index < -0.39 is 4.92 Å². The Morgan fingerprint density at radius 1 is 1.67 bits per heavy atom. The molecule has 0 aromatic carbocycles. The molecule has 1 aliphatic rings. The summed E-state index contributed by atoms with van der Waals surface area (Å²) in [6.07, 6.45) is 3.17. The highest BCUT2D eigenvalue weighted by atomic mass is 16.6. The molecular weight excluding hydrogens is 158 g/mol. The monoisotopic (exact) mass is 171 g/mol. The van der Waals surface area contributed by atoms with Crippen molar-refractivity contribution in [3.63, 3.8) is 0 Å². The molecule has 0 saturated carbocycles. The molecule has 0 radical (unpaired) electrons. The highest BCUT2D eigenvalue weighted by molar-refractivity contribution is 4.94. The molecule has 0 amide bonds. The third-order valence-electron chi connectivity index (χ3n) is 1.87. The average molecular weight is 171 g/mol. The summed E-state index contributed by atoms with van der Waals surface area (Å²) in [7, 11) is 1.85. The lowest BCUT2D eigenvalue weighted by molar-refractivity contribution is -0.404. The first kappa shape index (κ1) is 8.83. The summed E-state index contributed by atoms with van der Waals surface area (Å²) in [5.74, 6) is 0.609. The van der Waals surface area contributed by atoms with Crippen molar-refractivity contribution in [3.05, 3.63) is 22.1 Å². The van der Waals surface area contributed by atoms with E-state index in [4.69, 9.17) is 0 Å². The summed E-state index contributed by atoms with van der Waals surface area (Å²) in [5, 5.41) is 13.2. The van der Waals surface area contributed by atoms with Gasteiger partial charge in [-0.3, -0.25) is 10.1 Å². The quantitative estimate of drug-likeness (QED) is 0.457. The fraction of sp³-hybridized carbons (Fsp3) is 0.714. The van der Waals surface area contributed by atoms with Crippen LogP contribution in [0.25, 0.3) is 0 Å². The SMILES string of the molecule is CN1CCCCN/C1=C/[N+](=O)[O-]. The fourth-order valence-electron chi connectivity index (χ4n) is 1.19. The summed E-state index contributed by atoms with van der Waals surface area (Å²) >= 11 is 0. The predicted octanol–water partition coefficient (Wildman–Crippen LogP) is 0.377. The van der Waals surface area contributed by atoms with Crippen LogP contribution < -0.4 is 5.32 Å². The number of nitrogens with one attached hydrogen (secondary N) is 1. The van der Waals surface area contributed by atoms with Crippen molar-refractivity contribution in [2.45, 2.75) is 12.8 Å². The maximum Gasteiger partial charge on any atom is 0.274 e. The van der Waals surface area contributed by atoms with Gasteiger partial charge in [0, 0.05) is 20.1 Å². The van der Waals surface area contributed by atoms with E-state index in [2.05, 4.69) is 5.32 Å². The Hall–Kier alpha value is -1.26. The zero-order valence-corrected chi connectivity index (χ0v) is 7.12. The standard InChI is InChI=1S/C7H13N3O2/c1-9-5-3-2-4-8-7(9)6-10(11)12/h6,8H,2-5H2,1H3/b7-6-. The molecule has 1 heterocycles. The molecule has 5 nitrogen and oxygen atoms in total. The van der Waals surface area contributed by atoms with Gasteiger partial charge in [0.05, 0.1) is 4.92 Å². The maximum absolute atomic E-state index is 10.2. The van der Waals surface area contributed by atoms with Crippen molar-refractivity contribution in [1.29, 1.82) is 0 Å². The number of hydrogen-bond donors (Lipinski definition) is 1. The van der Waals surface area contributed by atoms with Gasteiger partial charge in [-0.1, -0.05) is 0 Å². The smallest absolute Gasteiger partial charge is 0.274 e. The molecule has 1 aliphatic heterocycles. The highest BCUT2D eigenvalue weighted by Gasteiger charge is 2.11. The van der Waals surface area contributed by atoms with Crippen molar-refractivity contribution in [2.75, 3.05) is 20.1 Å². The maximum atomic E-state index is 10.2. The van der Waals surface area contributed by atoms with Crippen molar-refractivity contribution < 1.29 is 4.92 Å². The van der Waals surface area contributed by atoms with Crippen LogP contribution in [0.4, 0.5) is 0 Å². The van der Waals surface area contributed by atoms with Gasteiger partial charge in [-0.2, -0.15) is 0 Å². The van der Waals surface area contributed by atoms with E-state index in [-0.39, 0.29) is 0 Å². The Kier molecular flexibility index (Phi) is 2.90. The molecule has 0 spiro atoms. The fourth-order valence-corrected chi connectivity index (χ4v) is 1.19. The largest absolute Gasteiger partial charge is 0.367 e. The van der Waals surface area contributed by atoms with Crippen LogP contribution in [-0.4, -0.2) is 30.0 Å². The molecule has 0 aromatic rings. The van der Waals surface area contributed by atoms with Gasteiger partial charge in [0.15, 0.2) is 5.82 Å². The Balaban J connectivity index is 2.64. The Morgan fingerprint density at radius 2 is 2.42 bits per heavy atom. The first-order chi connectivity index (χ1) is 5.70. The average Bonchev–Trinajstić information content (AvgIpc) is 2.16. The minimum atomic E-state index is -0.426. The second-order valence-electron chi connectivity index (χ2n) is 2.86. The first-order valence-corrected chi connectivity index (χ1v) is 4.00. The van der Waals surface area contributed by atoms with Crippen molar-refractivity contribution >= 4 is 0 Å². The third-order valence-corrected chi connectivity index (χ3v) is 1.87. The summed E-state index contributed by atoms with van der Waals surface area (Å²) in [6.45, 7) is 1.71. The summed E-state index contributed by atoms with van der Waals surface area (Å²) < 4.78 is 0. The van der Waals surface area contributed by atoms with E-state index in [0.29, 0.717) is 5.82 Å². The van der Waals surface area contributed by atoms with Crippen molar-refractivity contribution in [1.82, 2.24) is 10.2 Å². The number of hydrogen-bond acceptors (Lipinski definition) is 4. The predicted molar refractivity (Wildman–Crippen MR) is 44.9 cm³/mol. The molecule has 1 fully saturated rings. The first-order valence-electron chi connectivity index (χ1n) is 4.00. The van der Waals surface area contributed by atoms with Crippen LogP contribution in [0.15, 0.2) is 12.0 Å². The van der Waals surface area contributed by atoms with Crippen LogP contribution in [0.1, 0.15) is 12.8 Å². The van der Waals surface area contributed by atoms with Crippen molar-refractivity contribution in [3.8, 4) is 0 Å². The molecule has 0 aromatic heterocycles. The van der Waals surface area contributed by atoms with E-state index in [9.17, 15) is 10.1 Å². The van der Waals surface area contributed by atoms with Gasteiger partial charge in [0.2, 0.25) is 0 Å². The van der Waals surface area contributed by atoms with Crippen LogP contribution in [-0.2, 0) is 0 Å². The normalized spacial score (nSPS) is 21.8. The van der Waals surface area contributed by atoms with E-state index in [1.165, 1.54) is 0 Å². The van der Waals surface area contributed by atoms with E-state index in [1.807, 2.05) is 11.9 Å². The summed E-state index contributed by atoms with van der Waals surface area (Å²) in [5.41, 5.74) is 0.